The summed E-state index contributed by atoms with van der Waals surface area (Å²) < 4.78 is 5.14. The Bertz CT molecular complexity index is 405. The molecule has 0 saturated carbocycles. The summed E-state index contributed by atoms with van der Waals surface area (Å²) >= 11 is 0. The van der Waals surface area contributed by atoms with Crippen molar-refractivity contribution in [3.63, 3.8) is 0 Å². The average molecular weight is 264 g/mol. The van der Waals surface area contributed by atoms with E-state index < -0.39 is 0 Å². The van der Waals surface area contributed by atoms with E-state index in [2.05, 4.69) is 19.2 Å². The molecule has 106 valence electrons. The van der Waals surface area contributed by atoms with E-state index in [1.54, 1.807) is 7.11 Å². The van der Waals surface area contributed by atoms with E-state index in [0.717, 1.165) is 17.7 Å². The van der Waals surface area contributed by atoms with Crippen LogP contribution in [0.5, 0.6) is 5.75 Å². The number of ether oxygens (including phenoxy) is 1. The minimum atomic E-state index is 0.00403. The lowest BCUT2D eigenvalue weighted by molar-refractivity contribution is -0.121. The molecule has 0 fully saturated rings. The second-order valence-electron chi connectivity index (χ2n) is 5.16. The largest absolute Gasteiger partial charge is 0.497 e. The molecule has 4 nitrogen and oxygen atoms in total. The number of methoxy groups -OCH3 is 1. The normalized spacial score (nSPS) is 12.3. The van der Waals surface area contributed by atoms with Gasteiger partial charge < -0.3 is 15.8 Å². The maximum Gasteiger partial charge on any atom is 0.224 e. The molecule has 0 spiro atoms. The highest BCUT2D eigenvalue weighted by atomic mass is 16.5. The number of nitrogens with two attached hydrogens (primary N) is 1. The van der Waals surface area contributed by atoms with Gasteiger partial charge >= 0.3 is 0 Å². The van der Waals surface area contributed by atoms with E-state index in [1.807, 2.05) is 24.3 Å². The Kier molecular flexibility index (Phi) is 6.36. The SMILES string of the molecule is COc1cccc(CC(=O)NC(CN)CC(C)C)c1. The Morgan fingerprint density at radius 2 is 2.16 bits per heavy atom. The van der Waals surface area contributed by atoms with Gasteiger partial charge in [-0.2, -0.15) is 0 Å². The summed E-state index contributed by atoms with van der Waals surface area (Å²) in [5.41, 5.74) is 6.62. The van der Waals surface area contributed by atoms with Crippen LogP contribution >= 0.6 is 0 Å². The molecule has 0 aromatic heterocycles. The fourth-order valence-electron chi connectivity index (χ4n) is 2.03. The standard InChI is InChI=1S/C15H24N2O2/c1-11(2)7-13(10-16)17-15(18)9-12-5-4-6-14(8-12)19-3/h4-6,8,11,13H,7,9-10,16H2,1-3H3,(H,17,18). The predicted molar refractivity (Wildman–Crippen MR) is 77.1 cm³/mol. The molecule has 19 heavy (non-hydrogen) atoms. The van der Waals surface area contributed by atoms with E-state index >= 15 is 0 Å². The van der Waals surface area contributed by atoms with Gasteiger partial charge in [0, 0.05) is 12.6 Å². The molecule has 4 heteroatoms. The van der Waals surface area contributed by atoms with Crippen LogP contribution in [0.2, 0.25) is 0 Å². The van der Waals surface area contributed by atoms with Crippen molar-refractivity contribution in [2.24, 2.45) is 11.7 Å². The van der Waals surface area contributed by atoms with Gasteiger partial charge in [-0.25, -0.2) is 0 Å². The number of hydrogen-bond donors (Lipinski definition) is 2. The molecule has 0 aliphatic carbocycles. The zero-order valence-corrected chi connectivity index (χ0v) is 12.0. The summed E-state index contributed by atoms with van der Waals surface area (Å²) in [5, 5.41) is 2.98. The molecule has 0 aliphatic heterocycles. The second kappa shape index (κ2) is 7.79. The molecule has 0 radical (unpaired) electrons. The highest BCUT2D eigenvalue weighted by Gasteiger charge is 2.12. The highest BCUT2D eigenvalue weighted by molar-refractivity contribution is 5.79. The number of amides is 1. The fraction of sp³-hybridized carbons (Fsp3) is 0.533. The van der Waals surface area contributed by atoms with E-state index in [9.17, 15) is 4.79 Å². The molecule has 1 aromatic carbocycles. The van der Waals surface area contributed by atoms with Gasteiger partial charge in [-0.1, -0.05) is 26.0 Å². The molecule has 0 bridgehead atoms. The van der Waals surface area contributed by atoms with Gasteiger partial charge in [-0.3, -0.25) is 4.79 Å². The van der Waals surface area contributed by atoms with Gasteiger partial charge in [0.25, 0.3) is 0 Å². The number of benzene rings is 1. The Hall–Kier alpha value is -1.55. The number of hydrogen-bond acceptors (Lipinski definition) is 3. The van der Waals surface area contributed by atoms with E-state index in [1.165, 1.54) is 0 Å². The Labute approximate surface area is 115 Å². The zero-order chi connectivity index (χ0) is 14.3. The van der Waals surface area contributed by atoms with Crippen LogP contribution < -0.4 is 15.8 Å². The van der Waals surface area contributed by atoms with Crippen LogP contribution in [0, 0.1) is 5.92 Å². The lowest BCUT2D eigenvalue weighted by Crippen LogP contribution is -2.41. The van der Waals surface area contributed by atoms with Crippen LogP contribution in [-0.4, -0.2) is 25.6 Å². The number of nitrogens with one attached hydrogen (secondary N) is 1. The van der Waals surface area contributed by atoms with Crippen molar-refractivity contribution in [2.75, 3.05) is 13.7 Å². The van der Waals surface area contributed by atoms with Crippen molar-refractivity contribution in [1.82, 2.24) is 5.32 Å². The van der Waals surface area contributed by atoms with E-state index in [-0.39, 0.29) is 11.9 Å². The fourth-order valence-corrected chi connectivity index (χ4v) is 2.03. The Morgan fingerprint density at radius 3 is 2.74 bits per heavy atom. The number of carbonyl (C=O) groups excluding carboxylic acids is 1. The topological polar surface area (TPSA) is 64.3 Å². The summed E-state index contributed by atoms with van der Waals surface area (Å²) in [6, 6.07) is 7.60. The highest BCUT2D eigenvalue weighted by Crippen LogP contribution is 2.13. The summed E-state index contributed by atoms with van der Waals surface area (Å²) in [4.78, 5) is 12.0. The van der Waals surface area contributed by atoms with Gasteiger partial charge in [0.1, 0.15) is 5.75 Å². The average Bonchev–Trinajstić information content (AvgIpc) is 2.37. The first-order chi connectivity index (χ1) is 9.05. The smallest absolute Gasteiger partial charge is 0.224 e. The quantitative estimate of drug-likeness (QED) is 0.788. The van der Waals surface area contributed by atoms with Crippen LogP contribution in [-0.2, 0) is 11.2 Å². The Balaban J connectivity index is 2.53. The third-order valence-corrected chi connectivity index (χ3v) is 2.90. The van der Waals surface area contributed by atoms with Crippen molar-refractivity contribution in [3.05, 3.63) is 29.8 Å². The van der Waals surface area contributed by atoms with Crippen LogP contribution in [0.4, 0.5) is 0 Å². The molecule has 0 saturated heterocycles. The summed E-state index contributed by atoms with van der Waals surface area (Å²) in [6.45, 7) is 4.72. The van der Waals surface area contributed by atoms with Crippen molar-refractivity contribution < 1.29 is 9.53 Å². The lowest BCUT2D eigenvalue weighted by atomic mass is 10.0. The van der Waals surface area contributed by atoms with Crippen molar-refractivity contribution in [2.45, 2.75) is 32.7 Å². The van der Waals surface area contributed by atoms with E-state index in [4.69, 9.17) is 10.5 Å². The first-order valence-electron chi connectivity index (χ1n) is 6.67. The minimum absolute atomic E-state index is 0.00403. The maximum absolute atomic E-state index is 12.0. The van der Waals surface area contributed by atoms with Crippen LogP contribution in [0.25, 0.3) is 0 Å². The van der Waals surface area contributed by atoms with E-state index in [0.29, 0.717) is 18.9 Å². The molecule has 1 unspecified atom stereocenters. The summed E-state index contributed by atoms with van der Waals surface area (Å²) in [5.74, 6) is 1.29. The molecular formula is C15H24N2O2. The van der Waals surface area contributed by atoms with Crippen LogP contribution in [0.1, 0.15) is 25.8 Å². The summed E-state index contributed by atoms with van der Waals surface area (Å²) in [6.07, 6.45) is 1.26. The summed E-state index contributed by atoms with van der Waals surface area (Å²) in [7, 11) is 1.62. The van der Waals surface area contributed by atoms with Crippen LogP contribution in [0.3, 0.4) is 0 Å². The van der Waals surface area contributed by atoms with Gasteiger partial charge in [0.2, 0.25) is 5.91 Å². The first-order valence-corrected chi connectivity index (χ1v) is 6.67. The monoisotopic (exact) mass is 264 g/mol. The van der Waals surface area contributed by atoms with Gasteiger partial charge in [0.15, 0.2) is 0 Å². The molecule has 3 N–H and O–H groups in total. The minimum Gasteiger partial charge on any atom is -0.497 e. The molecule has 1 aromatic rings. The number of carbonyl (C=O) groups is 1. The molecule has 1 rings (SSSR count). The third kappa shape index (κ3) is 5.75. The maximum atomic E-state index is 12.0. The molecule has 1 atom stereocenters. The third-order valence-electron chi connectivity index (χ3n) is 2.90. The second-order valence-corrected chi connectivity index (χ2v) is 5.16. The first kappa shape index (κ1) is 15.5. The van der Waals surface area contributed by atoms with Gasteiger partial charge in [0.05, 0.1) is 13.5 Å². The van der Waals surface area contributed by atoms with Crippen LogP contribution in [0.15, 0.2) is 24.3 Å². The zero-order valence-electron chi connectivity index (χ0n) is 12.0. The predicted octanol–water partition coefficient (Wildman–Crippen LogP) is 1.73. The molecule has 0 aliphatic rings. The number of rotatable bonds is 7. The van der Waals surface area contributed by atoms with Crippen molar-refractivity contribution in [1.29, 1.82) is 0 Å². The van der Waals surface area contributed by atoms with Gasteiger partial charge in [-0.15, -0.1) is 0 Å². The molecule has 1 amide bonds. The lowest BCUT2D eigenvalue weighted by Gasteiger charge is -2.18. The molecular weight excluding hydrogens is 240 g/mol. The molecule has 0 heterocycles. The van der Waals surface area contributed by atoms with Crippen molar-refractivity contribution in [3.8, 4) is 5.75 Å². The Morgan fingerprint density at radius 1 is 1.42 bits per heavy atom. The van der Waals surface area contributed by atoms with Crippen molar-refractivity contribution >= 4 is 5.91 Å². The van der Waals surface area contributed by atoms with Gasteiger partial charge in [-0.05, 0) is 30.0 Å².